The third kappa shape index (κ3) is 6.33. The van der Waals surface area contributed by atoms with Crippen molar-refractivity contribution in [3.63, 3.8) is 0 Å². The van der Waals surface area contributed by atoms with Crippen LogP contribution in [-0.2, 0) is 4.43 Å². The molecule has 0 fully saturated rings. The highest BCUT2D eigenvalue weighted by Crippen LogP contribution is 2.38. The van der Waals surface area contributed by atoms with Crippen LogP contribution in [0.2, 0.25) is 23.2 Å². The molecular weight excluding hydrogens is 353 g/mol. The molecule has 0 radical (unpaired) electrons. The maximum atomic E-state index is 14.5. The smallest absolute Gasteiger partial charge is 0.192 e. The van der Waals surface area contributed by atoms with Gasteiger partial charge in [0.05, 0.1) is 17.3 Å². The van der Waals surface area contributed by atoms with Gasteiger partial charge in [0.15, 0.2) is 8.32 Å². The standard InChI is InChI=1S/C20H35ClFNOSi/c1-7-20(5,6)13-11-12-18(24-25(8-2,9-3)10-4)19-16(21)14-23-15-17(19)22/h14-15,18H,7-13H2,1-6H3. The van der Waals surface area contributed by atoms with Crippen LogP contribution in [0.5, 0.6) is 0 Å². The summed E-state index contributed by atoms with van der Waals surface area (Å²) in [6, 6.07) is 3.13. The van der Waals surface area contributed by atoms with E-state index in [0.717, 1.165) is 43.8 Å². The normalized spacial score (nSPS) is 13.9. The number of aromatic nitrogens is 1. The molecule has 25 heavy (non-hydrogen) atoms. The average Bonchev–Trinajstić information content (AvgIpc) is 2.59. The number of pyridine rings is 1. The zero-order valence-corrected chi connectivity index (χ0v) is 18.5. The van der Waals surface area contributed by atoms with Crippen LogP contribution in [0.15, 0.2) is 12.4 Å². The minimum absolute atomic E-state index is 0.269. The Balaban J connectivity index is 3.06. The van der Waals surface area contributed by atoms with Gasteiger partial charge in [-0.05, 0) is 36.4 Å². The first kappa shape index (κ1) is 22.6. The van der Waals surface area contributed by atoms with Gasteiger partial charge in [0.25, 0.3) is 0 Å². The van der Waals surface area contributed by atoms with Crippen LogP contribution in [-0.4, -0.2) is 13.3 Å². The van der Waals surface area contributed by atoms with Gasteiger partial charge in [-0.2, -0.15) is 0 Å². The van der Waals surface area contributed by atoms with Gasteiger partial charge in [0.1, 0.15) is 5.82 Å². The van der Waals surface area contributed by atoms with E-state index in [1.165, 1.54) is 12.4 Å². The van der Waals surface area contributed by atoms with Gasteiger partial charge in [0, 0.05) is 11.8 Å². The molecule has 1 rings (SSSR count). The molecule has 0 bridgehead atoms. The molecule has 0 saturated carbocycles. The number of rotatable bonds is 11. The summed E-state index contributed by atoms with van der Waals surface area (Å²) in [6.07, 6.45) is 6.56. The molecule has 0 spiro atoms. The quantitative estimate of drug-likeness (QED) is 0.365. The van der Waals surface area contributed by atoms with Crippen LogP contribution in [0.25, 0.3) is 0 Å². The molecule has 0 saturated heterocycles. The Labute approximate surface area is 159 Å². The number of hydrogen-bond donors (Lipinski definition) is 0. The van der Waals surface area contributed by atoms with Crippen molar-refractivity contribution in [3.8, 4) is 0 Å². The van der Waals surface area contributed by atoms with Gasteiger partial charge >= 0.3 is 0 Å². The van der Waals surface area contributed by atoms with Crippen molar-refractivity contribution in [1.29, 1.82) is 0 Å². The van der Waals surface area contributed by atoms with E-state index in [4.69, 9.17) is 16.0 Å². The lowest BCUT2D eigenvalue weighted by Gasteiger charge is -2.34. The number of halogens is 2. The summed E-state index contributed by atoms with van der Waals surface area (Å²) in [5.74, 6) is -0.349. The van der Waals surface area contributed by atoms with Crippen molar-refractivity contribution in [2.45, 2.75) is 91.5 Å². The predicted octanol–water partition coefficient (Wildman–Crippen LogP) is 7.54. The zero-order valence-electron chi connectivity index (χ0n) is 16.8. The third-order valence-electron chi connectivity index (χ3n) is 5.81. The van der Waals surface area contributed by atoms with Crippen molar-refractivity contribution in [3.05, 3.63) is 28.8 Å². The first-order chi connectivity index (χ1) is 11.7. The van der Waals surface area contributed by atoms with Crippen molar-refractivity contribution in [2.75, 3.05) is 0 Å². The lowest BCUT2D eigenvalue weighted by molar-refractivity contribution is 0.163. The van der Waals surface area contributed by atoms with Crippen LogP contribution in [0.1, 0.15) is 78.9 Å². The van der Waals surface area contributed by atoms with Gasteiger partial charge in [-0.25, -0.2) is 4.39 Å². The number of nitrogens with zero attached hydrogens (tertiary/aromatic N) is 1. The summed E-state index contributed by atoms with van der Waals surface area (Å²) in [5, 5.41) is 0.381. The largest absolute Gasteiger partial charge is 0.410 e. The fourth-order valence-corrected chi connectivity index (χ4v) is 6.34. The van der Waals surface area contributed by atoms with E-state index >= 15 is 0 Å². The van der Waals surface area contributed by atoms with Crippen molar-refractivity contribution >= 4 is 19.9 Å². The summed E-state index contributed by atoms with van der Waals surface area (Å²) in [6.45, 7) is 13.4. The fraction of sp³-hybridized carbons (Fsp3) is 0.750. The molecule has 0 aliphatic rings. The second-order valence-electron chi connectivity index (χ2n) is 7.78. The Kier molecular flexibility index (Phi) is 9.06. The lowest BCUT2D eigenvalue weighted by Crippen LogP contribution is -2.37. The molecule has 0 amide bonds. The highest BCUT2D eigenvalue weighted by atomic mass is 35.5. The third-order valence-corrected chi connectivity index (χ3v) is 10.8. The van der Waals surface area contributed by atoms with Gasteiger partial charge < -0.3 is 4.43 Å². The second-order valence-corrected chi connectivity index (χ2v) is 12.9. The maximum absolute atomic E-state index is 14.5. The van der Waals surface area contributed by atoms with E-state index in [1.54, 1.807) is 0 Å². The maximum Gasteiger partial charge on any atom is 0.192 e. The predicted molar refractivity (Wildman–Crippen MR) is 108 cm³/mol. The first-order valence-corrected chi connectivity index (χ1v) is 12.6. The van der Waals surface area contributed by atoms with Gasteiger partial charge in [-0.15, -0.1) is 0 Å². The van der Waals surface area contributed by atoms with Crippen LogP contribution in [0.3, 0.4) is 0 Å². The minimum atomic E-state index is -1.86. The number of hydrogen-bond acceptors (Lipinski definition) is 2. The molecule has 5 heteroatoms. The van der Waals surface area contributed by atoms with E-state index in [1.807, 2.05) is 0 Å². The summed E-state index contributed by atoms with van der Waals surface area (Å²) < 4.78 is 21.2. The Morgan fingerprint density at radius 1 is 1.16 bits per heavy atom. The molecule has 0 aliphatic carbocycles. The highest BCUT2D eigenvalue weighted by molar-refractivity contribution is 6.73. The first-order valence-electron chi connectivity index (χ1n) is 9.70. The van der Waals surface area contributed by atoms with Crippen LogP contribution in [0.4, 0.5) is 4.39 Å². The van der Waals surface area contributed by atoms with Crippen molar-refractivity contribution < 1.29 is 8.82 Å². The Hall–Kier alpha value is -0.453. The SMILES string of the molecule is CCC(C)(C)CCCC(O[Si](CC)(CC)CC)c1c(F)cncc1Cl. The fourth-order valence-electron chi connectivity index (χ4n) is 3.24. The molecule has 144 valence electrons. The summed E-state index contributed by atoms with van der Waals surface area (Å²) in [5.41, 5.74) is 0.804. The van der Waals surface area contributed by atoms with Crippen molar-refractivity contribution in [2.24, 2.45) is 5.41 Å². The monoisotopic (exact) mass is 387 g/mol. The zero-order chi connectivity index (χ0) is 19.1. The van der Waals surface area contributed by atoms with Crippen LogP contribution >= 0.6 is 11.6 Å². The summed E-state index contributed by atoms with van der Waals surface area (Å²) >= 11 is 6.31. The van der Waals surface area contributed by atoms with Gasteiger partial charge in [-0.1, -0.05) is 66.0 Å². The highest BCUT2D eigenvalue weighted by Gasteiger charge is 2.34. The molecule has 1 atom stereocenters. The molecule has 1 heterocycles. The Morgan fingerprint density at radius 2 is 1.76 bits per heavy atom. The minimum Gasteiger partial charge on any atom is -0.410 e. The second kappa shape index (κ2) is 10.0. The molecule has 1 aromatic heterocycles. The van der Waals surface area contributed by atoms with E-state index < -0.39 is 8.32 Å². The molecule has 0 N–H and O–H groups in total. The summed E-state index contributed by atoms with van der Waals surface area (Å²) in [4.78, 5) is 3.87. The molecular formula is C20H35ClFNOSi. The Morgan fingerprint density at radius 3 is 2.24 bits per heavy atom. The van der Waals surface area contributed by atoms with Gasteiger partial charge in [0.2, 0.25) is 0 Å². The molecule has 2 nitrogen and oxygen atoms in total. The molecule has 0 aliphatic heterocycles. The van der Waals surface area contributed by atoms with E-state index in [-0.39, 0.29) is 11.9 Å². The van der Waals surface area contributed by atoms with E-state index in [0.29, 0.717) is 16.0 Å². The van der Waals surface area contributed by atoms with Crippen LogP contribution in [0, 0.1) is 11.2 Å². The summed E-state index contributed by atoms with van der Waals surface area (Å²) in [7, 11) is -1.86. The Bertz CT molecular complexity index is 506. The average molecular weight is 388 g/mol. The van der Waals surface area contributed by atoms with Crippen molar-refractivity contribution in [1.82, 2.24) is 4.98 Å². The molecule has 1 unspecified atom stereocenters. The molecule has 0 aromatic carbocycles. The lowest BCUT2D eigenvalue weighted by atomic mass is 9.84. The molecule has 1 aromatic rings. The van der Waals surface area contributed by atoms with Gasteiger partial charge in [-0.3, -0.25) is 4.98 Å². The van der Waals surface area contributed by atoms with E-state index in [9.17, 15) is 4.39 Å². The van der Waals surface area contributed by atoms with E-state index in [2.05, 4.69) is 46.5 Å². The van der Waals surface area contributed by atoms with Crippen LogP contribution < -0.4 is 0 Å². The topological polar surface area (TPSA) is 22.1 Å².